The molecule has 3 aromatic rings. The maximum atomic E-state index is 12.4. The van der Waals surface area contributed by atoms with E-state index in [0.29, 0.717) is 16.8 Å². The van der Waals surface area contributed by atoms with Crippen molar-refractivity contribution in [1.82, 2.24) is 5.43 Å². The van der Waals surface area contributed by atoms with E-state index in [1.807, 2.05) is 68.4 Å². The van der Waals surface area contributed by atoms with Gasteiger partial charge in [0.25, 0.3) is 11.8 Å². The highest BCUT2D eigenvalue weighted by atomic mass is 16.2. The van der Waals surface area contributed by atoms with Crippen LogP contribution in [-0.2, 0) is 0 Å². The number of carbonyl (C=O) groups is 2. The lowest BCUT2D eigenvalue weighted by Gasteiger charge is -2.11. The first-order chi connectivity index (χ1) is 14.4. The average Bonchev–Trinajstić information content (AvgIpc) is 2.74. The van der Waals surface area contributed by atoms with E-state index in [9.17, 15) is 9.59 Å². The summed E-state index contributed by atoms with van der Waals surface area (Å²) in [5.74, 6) is -0.585. The SMILES string of the molecule is Cc1cccc(C(=O)Nc2cccc(C(=O)N/N=C\c3ccc(N(C)C)cc3)c2)c1. The van der Waals surface area contributed by atoms with Gasteiger partial charge in [0.15, 0.2) is 0 Å². The fourth-order valence-electron chi connectivity index (χ4n) is 2.82. The normalized spacial score (nSPS) is 10.6. The van der Waals surface area contributed by atoms with Gasteiger partial charge < -0.3 is 10.2 Å². The minimum atomic E-state index is -0.359. The summed E-state index contributed by atoms with van der Waals surface area (Å²) in [5.41, 5.74) is 6.98. The molecule has 3 aromatic carbocycles. The topological polar surface area (TPSA) is 73.8 Å². The minimum Gasteiger partial charge on any atom is -0.378 e. The standard InChI is InChI=1S/C24H24N4O2/c1-17-6-4-7-19(14-17)23(29)26-21-9-5-8-20(15-21)24(30)27-25-16-18-10-12-22(13-11-18)28(2)3/h4-16H,1-3H3,(H,26,29)(H,27,30)/b25-16-. The largest absolute Gasteiger partial charge is 0.378 e. The van der Waals surface area contributed by atoms with Gasteiger partial charge in [-0.1, -0.05) is 35.9 Å². The van der Waals surface area contributed by atoms with Gasteiger partial charge >= 0.3 is 0 Å². The van der Waals surface area contributed by atoms with Crippen molar-refractivity contribution in [3.05, 3.63) is 95.1 Å². The number of aryl methyl sites for hydroxylation is 1. The van der Waals surface area contributed by atoms with Gasteiger partial charge in [-0.25, -0.2) is 5.43 Å². The van der Waals surface area contributed by atoms with Gasteiger partial charge in [0.05, 0.1) is 6.21 Å². The molecule has 0 heterocycles. The van der Waals surface area contributed by atoms with Crippen molar-refractivity contribution < 1.29 is 9.59 Å². The molecule has 0 atom stereocenters. The van der Waals surface area contributed by atoms with Crippen LogP contribution in [0.4, 0.5) is 11.4 Å². The highest BCUT2D eigenvalue weighted by Gasteiger charge is 2.09. The third-order valence-electron chi connectivity index (χ3n) is 4.45. The Hall–Kier alpha value is -3.93. The molecule has 0 bridgehead atoms. The first-order valence-electron chi connectivity index (χ1n) is 9.51. The molecule has 0 fully saturated rings. The Morgan fingerprint density at radius 3 is 2.20 bits per heavy atom. The summed E-state index contributed by atoms with van der Waals surface area (Å²) in [6, 6.07) is 21.9. The van der Waals surface area contributed by atoms with E-state index in [-0.39, 0.29) is 11.8 Å². The second kappa shape index (κ2) is 9.52. The van der Waals surface area contributed by atoms with Crippen LogP contribution in [0.3, 0.4) is 0 Å². The molecule has 30 heavy (non-hydrogen) atoms. The summed E-state index contributed by atoms with van der Waals surface area (Å²) < 4.78 is 0. The third kappa shape index (κ3) is 5.54. The van der Waals surface area contributed by atoms with Crippen molar-refractivity contribution in [1.29, 1.82) is 0 Å². The number of amides is 2. The van der Waals surface area contributed by atoms with E-state index in [1.165, 1.54) is 0 Å². The number of benzene rings is 3. The fourth-order valence-corrected chi connectivity index (χ4v) is 2.82. The van der Waals surface area contributed by atoms with E-state index < -0.39 is 0 Å². The number of carbonyl (C=O) groups excluding carboxylic acids is 2. The van der Waals surface area contributed by atoms with Gasteiger partial charge in [-0.05, 0) is 55.0 Å². The number of nitrogens with one attached hydrogen (secondary N) is 2. The summed E-state index contributed by atoms with van der Waals surface area (Å²) in [5, 5.41) is 6.83. The molecule has 0 radical (unpaired) electrons. The van der Waals surface area contributed by atoms with Crippen molar-refractivity contribution >= 4 is 29.4 Å². The minimum absolute atomic E-state index is 0.226. The molecule has 3 rings (SSSR count). The second-order valence-corrected chi connectivity index (χ2v) is 7.09. The lowest BCUT2D eigenvalue weighted by molar-refractivity contribution is 0.0953. The fraction of sp³-hybridized carbons (Fsp3) is 0.125. The highest BCUT2D eigenvalue weighted by Crippen LogP contribution is 2.14. The van der Waals surface area contributed by atoms with Crippen LogP contribution in [-0.4, -0.2) is 32.1 Å². The monoisotopic (exact) mass is 400 g/mol. The smallest absolute Gasteiger partial charge is 0.271 e. The number of hydrogen-bond acceptors (Lipinski definition) is 4. The third-order valence-corrected chi connectivity index (χ3v) is 4.45. The van der Waals surface area contributed by atoms with Crippen molar-refractivity contribution in [2.45, 2.75) is 6.92 Å². The molecule has 6 heteroatoms. The zero-order chi connectivity index (χ0) is 21.5. The Labute approximate surface area is 176 Å². The Morgan fingerprint density at radius 2 is 1.53 bits per heavy atom. The van der Waals surface area contributed by atoms with Crippen LogP contribution in [0.5, 0.6) is 0 Å². The van der Waals surface area contributed by atoms with Gasteiger partial charge in [0, 0.05) is 36.6 Å². The molecule has 152 valence electrons. The molecule has 0 unspecified atom stereocenters. The molecule has 0 saturated carbocycles. The summed E-state index contributed by atoms with van der Waals surface area (Å²) in [7, 11) is 3.95. The van der Waals surface area contributed by atoms with Crippen molar-refractivity contribution in [3.63, 3.8) is 0 Å². The number of rotatable bonds is 6. The summed E-state index contributed by atoms with van der Waals surface area (Å²) in [4.78, 5) is 26.8. The van der Waals surface area contributed by atoms with E-state index in [4.69, 9.17) is 0 Å². The van der Waals surface area contributed by atoms with Crippen molar-refractivity contribution in [2.24, 2.45) is 5.10 Å². The predicted molar refractivity (Wildman–Crippen MR) is 121 cm³/mol. The van der Waals surface area contributed by atoms with Crippen LogP contribution in [0.1, 0.15) is 31.8 Å². The predicted octanol–water partition coefficient (Wildman–Crippen LogP) is 4.08. The molecule has 6 nitrogen and oxygen atoms in total. The first kappa shape index (κ1) is 20.8. The lowest BCUT2D eigenvalue weighted by atomic mass is 10.1. The lowest BCUT2D eigenvalue weighted by Crippen LogP contribution is -2.18. The molecular weight excluding hydrogens is 376 g/mol. The summed E-state index contributed by atoms with van der Waals surface area (Å²) >= 11 is 0. The van der Waals surface area contributed by atoms with Crippen LogP contribution >= 0.6 is 0 Å². The first-order valence-corrected chi connectivity index (χ1v) is 9.51. The van der Waals surface area contributed by atoms with Crippen LogP contribution in [0.15, 0.2) is 77.9 Å². The number of anilines is 2. The summed E-state index contributed by atoms with van der Waals surface area (Å²) in [6.07, 6.45) is 1.58. The van der Waals surface area contributed by atoms with Crippen LogP contribution < -0.4 is 15.6 Å². The molecule has 0 aliphatic rings. The highest BCUT2D eigenvalue weighted by molar-refractivity contribution is 6.05. The Bertz CT molecular complexity index is 1070. The second-order valence-electron chi connectivity index (χ2n) is 7.09. The molecular formula is C24H24N4O2. The maximum Gasteiger partial charge on any atom is 0.271 e. The average molecular weight is 400 g/mol. The van der Waals surface area contributed by atoms with Crippen LogP contribution in [0.25, 0.3) is 0 Å². The number of hydrogen-bond donors (Lipinski definition) is 2. The van der Waals surface area contributed by atoms with Crippen LogP contribution in [0.2, 0.25) is 0 Å². The Morgan fingerprint density at radius 1 is 0.867 bits per heavy atom. The van der Waals surface area contributed by atoms with Crippen LogP contribution in [0, 0.1) is 6.92 Å². The Balaban J connectivity index is 1.62. The molecule has 0 aromatic heterocycles. The molecule has 0 saturated heterocycles. The van der Waals surface area contributed by atoms with Gasteiger partial charge in [0.1, 0.15) is 0 Å². The van der Waals surface area contributed by atoms with Crippen molar-refractivity contribution in [3.8, 4) is 0 Å². The van der Waals surface area contributed by atoms with Gasteiger partial charge in [0.2, 0.25) is 0 Å². The maximum absolute atomic E-state index is 12.4. The van der Waals surface area contributed by atoms with Gasteiger partial charge in [-0.2, -0.15) is 5.10 Å². The van der Waals surface area contributed by atoms with Crippen molar-refractivity contribution in [2.75, 3.05) is 24.3 Å². The zero-order valence-corrected chi connectivity index (χ0v) is 17.2. The van der Waals surface area contributed by atoms with E-state index in [1.54, 1.807) is 36.5 Å². The molecule has 2 amide bonds. The zero-order valence-electron chi connectivity index (χ0n) is 17.2. The number of hydrazone groups is 1. The molecule has 0 aliphatic carbocycles. The molecule has 2 N–H and O–H groups in total. The van der Waals surface area contributed by atoms with Gasteiger partial charge in [-0.15, -0.1) is 0 Å². The molecule has 0 spiro atoms. The number of nitrogens with zero attached hydrogens (tertiary/aromatic N) is 2. The molecule has 0 aliphatic heterocycles. The summed E-state index contributed by atoms with van der Waals surface area (Å²) in [6.45, 7) is 1.93. The van der Waals surface area contributed by atoms with E-state index in [2.05, 4.69) is 15.8 Å². The van der Waals surface area contributed by atoms with Gasteiger partial charge in [-0.3, -0.25) is 9.59 Å². The Kier molecular flexibility index (Phi) is 6.60. The van der Waals surface area contributed by atoms with E-state index in [0.717, 1.165) is 16.8 Å². The van der Waals surface area contributed by atoms with E-state index >= 15 is 0 Å². The quantitative estimate of drug-likeness (QED) is 0.484.